The summed E-state index contributed by atoms with van der Waals surface area (Å²) < 4.78 is 37.2. The van der Waals surface area contributed by atoms with Gasteiger partial charge < -0.3 is 15.2 Å². The summed E-state index contributed by atoms with van der Waals surface area (Å²) in [6.45, 7) is 4.93. The number of aromatic nitrogens is 3. The van der Waals surface area contributed by atoms with E-state index in [1.54, 1.807) is 49.6 Å². The van der Waals surface area contributed by atoms with Crippen LogP contribution >= 0.6 is 0 Å². The number of nitrogen functional groups attached to an aromatic ring is 1. The third-order valence-corrected chi connectivity index (χ3v) is 6.68. The van der Waals surface area contributed by atoms with Crippen molar-refractivity contribution in [3.8, 4) is 23.0 Å². The van der Waals surface area contributed by atoms with E-state index in [1.165, 1.54) is 20.4 Å². The number of nitrogens with two attached hydrogens (primary N) is 1. The van der Waals surface area contributed by atoms with Crippen LogP contribution in [0.25, 0.3) is 17.0 Å². The molecule has 3 rings (SSSR count). The van der Waals surface area contributed by atoms with Gasteiger partial charge in [0.2, 0.25) is 5.88 Å². The molecule has 3 heterocycles. The Labute approximate surface area is 157 Å². The van der Waals surface area contributed by atoms with E-state index < -0.39 is 14.6 Å². The molecule has 3 aromatic rings. The standard InChI is InChI=1S/C18H22N4O4S/c1-18(2,3)27(23,24)15-10-22-13(9-20-16(22)8-14(15)25-4)12-6-11(19)7-17(21-12)26-5/h6-10H,1-5H3,(H2,19,21). The first-order chi connectivity index (χ1) is 12.6. The predicted octanol–water partition coefficient (Wildman–Crippen LogP) is 2.57. The van der Waals surface area contributed by atoms with Gasteiger partial charge in [0.25, 0.3) is 0 Å². The van der Waals surface area contributed by atoms with Crippen molar-refractivity contribution in [2.45, 2.75) is 30.4 Å². The summed E-state index contributed by atoms with van der Waals surface area (Å²) in [6.07, 6.45) is 3.11. The summed E-state index contributed by atoms with van der Waals surface area (Å²) in [6, 6.07) is 4.87. The van der Waals surface area contributed by atoms with Gasteiger partial charge in [-0.25, -0.2) is 18.4 Å². The Hall–Kier alpha value is -2.81. The molecule has 0 aliphatic carbocycles. The molecule has 144 valence electrons. The molecule has 0 saturated heterocycles. The molecule has 2 N–H and O–H groups in total. The van der Waals surface area contributed by atoms with Gasteiger partial charge in [0, 0.05) is 24.0 Å². The Balaban J connectivity index is 2.31. The molecule has 3 aromatic heterocycles. The van der Waals surface area contributed by atoms with Gasteiger partial charge in [0.05, 0.1) is 36.6 Å². The van der Waals surface area contributed by atoms with E-state index in [-0.39, 0.29) is 10.6 Å². The average molecular weight is 390 g/mol. The fourth-order valence-electron chi connectivity index (χ4n) is 2.63. The first kappa shape index (κ1) is 19.0. The Morgan fingerprint density at radius 1 is 1.11 bits per heavy atom. The van der Waals surface area contributed by atoms with Crippen molar-refractivity contribution >= 4 is 21.2 Å². The van der Waals surface area contributed by atoms with Crippen LogP contribution in [0.5, 0.6) is 11.6 Å². The van der Waals surface area contributed by atoms with Gasteiger partial charge in [0.15, 0.2) is 9.84 Å². The van der Waals surface area contributed by atoms with E-state index in [0.717, 1.165) is 0 Å². The average Bonchev–Trinajstić information content (AvgIpc) is 3.01. The molecule has 27 heavy (non-hydrogen) atoms. The molecule has 0 aliphatic rings. The first-order valence-electron chi connectivity index (χ1n) is 8.20. The van der Waals surface area contributed by atoms with E-state index in [0.29, 0.717) is 28.6 Å². The molecule has 0 aliphatic heterocycles. The van der Waals surface area contributed by atoms with Gasteiger partial charge in [-0.05, 0) is 26.8 Å². The van der Waals surface area contributed by atoms with Crippen molar-refractivity contribution in [1.29, 1.82) is 0 Å². The number of methoxy groups -OCH3 is 2. The number of sulfone groups is 1. The molecule has 0 atom stereocenters. The van der Waals surface area contributed by atoms with Crippen LogP contribution in [0.4, 0.5) is 5.69 Å². The zero-order valence-electron chi connectivity index (χ0n) is 15.8. The highest BCUT2D eigenvalue weighted by Crippen LogP contribution is 2.34. The fourth-order valence-corrected chi connectivity index (χ4v) is 3.94. The lowest BCUT2D eigenvalue weighted by molar-refractivity contribution is 0.398. The normalized spacial score (nSPS) is 12.3. The summed E-state index contributed by atoms with van der Waals surface area (Å²) in [5.41, 5.74) is 8.03. The molecule has 8 nitrogen and oxygen atoms in total. The zero-order valence-corrected chi connectivity index (χ0v) is 16.7. The van der Waals surface area contributed by atoms with Crippen LogP contribution in [0.2, 0.25) is 0 Å². The molecule has 9 heteroatoms. The quantitative estimate of drug-likeness (QED) is 0.729. The van der Waals surface area contributed by atoms with Crippen LogP contribution < -0.4 is 15.2 Å². The van der Waals surface area contributed by atoms with Crippen molar-refractivity contribution in [3.05, 3.63) is 30.6 Å². The lowest BCUT2D eigenvalue weighted by atomic mass is 10.2. The van der Waals surface area contributed by atoms with Gasteiger partial charge in [-0.2, -0.15) is 0 Å². The molecular weight excluding hydrogens is 368 g/mol. The number of fused-ring (bicyclic) bond motifs is 1. The lowest BCUT2D eigenvalue weighted by Crippen LogP contribution is -2.28. The van der Waals surface area contributed by atoms with Gasteiger partial charge in [0.1, 0.15) is 16.3 Å². The molecular formula is C18H22N4O4S. The summed E-state index contributed by atoms with van der Waals surface area (Å²) in [5.74, 6) is 0.601. The van der Waals surface area contributed by atoms with Crippen molar-refractivity contribution in [2.24, 2.45) is 0 Å². The largest absolute Gasteiger partial charge is 0.495 e. The summed E-state index contributed by atoms with van der Waals surface area (Å²) in [4.78, 5) is 8.81. The lowest BCUT2D eigenvalue weighted by Gasteiger charge is -2.21. The maximum Gasteiger partial charge on any atom is 0.215 e. The minimum atomic E-state index is -3.65. The summed E-state index contributed by atoms with van der Waals surface area (Å²) >= 11 is 0. The number of rotatable bonds is 4. The van der Waals surface area contributed by atoms with Gasteiger partial charge in [-0.3, -0.25) is 4.40 Å². The minimum absolute atomic E-state index is 0.0834. The second-order valence-corrected chi connectivity index (χ2v) is 9.69. The molecule has 0 aromatic carbocycles. The second kappa shape index (κ2) is 6.41. The van der Waals surface area contributed by atoms with Crippen molar-refractivity contribution in [1.82, 2.24) is 14.4 Å². The highest BCUT2D eigenvalue weighted by atomic mass is 32.2. The summed E-state index contributed by atoms with van der Waals surface area (Å²) in [5, 5.41) is 0. The van der Waals surface area contributed by atoms with Crippen LogP contribution in [-0.2, 0) is 9.84 Å². The van der Waals surface area contributed by atoms with Crippen molar-refractivity contribution in [3.63, 3.8) is 0 Å². The highest BCUT2D eigenvalue weighted by molar-refractivity contribution is 7.92. The third-order valence-electron chi connectivity index (χ3n) is 4.19. The molecule has 0 fully saturated rings. The van der Waals surface area contributed by atoms with Crippen LogP contribution in [0.15, 0.2) is 35.5 Å². The van der Waals surface area contributed by atoms with Crippen LogP contribution in [-0.4, -0.2) is 41.8 Å². The Kier molecular flexibility index (Phi) is 4.51. The number of ether oxygens (including phenoxy) is 2. The fraction of sp³-hybridized carbons (Fsp3) is 0.333. The number of anilines is 1. The topological polar surface area (TPSA) is 109 Å². The van der Waals surface area contributed by atoms with E-state index >= 15 is 0 Å². The number of hydrogen-bond donors (Lipinski definition) is 1. The van der Waals surface area contributed by atoms with Gasteiger partial charge in [-0.15, -0.1) is 0 Å². The SMILES string of the molecule is COc1cc(N)cc(-c2cnc3cc(OC)c(S(=O)(=O)C(C)(C)C)cn23)n1. The van der Waals surface area contributed by atoms with Crippen molar-refractivity contribution in [2.75, 3.05) is 20.0 Å². The third kappa shape index (κ3) is 3.18. The number of imidazole rings is 1. The molecule has 0 unspecified atom stereocenters. The molecule has 0 saturated carbocycles. The highest BCUT2D eigenvalue weighted by Gasteiger charge is 2.34. The zero-order chi connectivity index (χ0) is 20.0. The number of nitrogens with zero attached hydrogens (tertiary/aromatic N) is 3. The molecule has 0 bridgehead atoms. The van der Waals surface area contributed by atoms with Gasteiger partial charge in [-0.1, -0.05) is 0 Å². The predicted molar refractivity (Wildman–Crippen MR) is 103 cm³/mol. The van der Waals surface area contributed by atoms with Crippen molar-refractivity contribution < 1.29 is 17.9 Å². The van der Waals surface area contributed by atoms with E-state index in [4.69, 9.17) is 15.2 Å². The van der Waals surface area contributed by atoms with Gasteiger partial charge >= 0.3 is 0 Å². The maximum atomic E-state index is 13.0. The minimum Gasteiger partial charge on any atom is -0.495 e. The number of pyridine rings is 2. The maximum absolute atomic E-state index is 13.0. The Morgan fingerprint density at radius 3 is 2.41 bits per heavy atom. The molecule has 0 spiro atoms. The summed E-state index contributed by atoms with van der Waals surface area (Å²) in [7, 11) is -0.721. The Morgan fingerprint density at radius 2 is 1.81 bits per heavy atom. The van der Waals surface area contributed by atoms with Crippen LogP contribution in [0.1, 0.15) is 20.8 Å². The monoisotopic (exact) mass is 390 g/mol. The van der Waals surface area contributed by atoms with E-state index in [1.807, 2.05) is 0 Å². The van der Waals surface area contributed by atoms with E-state index in [2.05, 4.69) is 9.97 Å². The van der Waals surface area contributed by atoms with E-state index in [9.17, 15) is 8.42 Å². The van der Waals surface area contributed by atoms with Crippen LogP contribution in [0.3, 0.4) is 0 Å². The molecule has 0 radical (unpaired) electrons. The molecule has 0 amide bonds. The number of hydrogen-bond acceptors (Lipinski definition) is 7. The Bertz CT molecular complexity index is 1110. The second-order valence-electron chi connectivity index (χ2n) is 7.02. The van der Waals surface area contributed by atoms with Crippen LogP contribution in [0, 0.1) is 0 Å². The smallest absolute Gasteiger partial charge is 0.215 e. The first-order valence-corrected chi connectivity index (χ1v) is 9.68.